The molecule has 0 saturated carbocycles. The summed E-state index contributed by atoms with van der Waals surface area (Å²) in [6.45, 7) is 0.0531. The molecule has 0 aliphatic heterocycles. The van der Waals surface area contributed by atoms with Crippen LogP contribution in [0.15, 0.2) is 51.5 Å². The van der Waals surface area contributed by atoms with Crippen LogP contribution in [0.1, 0.15) is 16.2 Å². The summed E-state index contributed by atoms with van der Waals surface area (Å²) in [4.78, 5) is 15.2. The zero-order valence-electron chi connectivity index (χ0n) is 13.2. The molecule has 0 aliphatic carbocycles. The molecule has 0 radical (unpaired) electrons. The van der Waals surface area contributed by atoms with Crippen LogP contribution in [0.5, 0.6) is 11.5 Å². The summed E-state index contributed by atoms with van der Waals surface area (Å²) in [6, 6.07) is 9.13. The molecule has 1 heterocycles. The average molecular weight is 406 g/mol. The van der Waals surface area contributed by atoms with Crippen molar-refractivity contribution in [3.63, 3.8) is 0 Å². The monoisotopic (exact) mass is 405 g/mol. The van der Waals surface area contributed by atoms with Crippen molar-refractivity contribution in [1.29, 1.82) is 0 Å². The molecule has 2 aromatic carbocycles. The summed E-state index contributed by atoms with van der Waals surface area (Å²) in [5, 5.41) is 0. The second-order valence-corrected chi connectivity index (χ2v) is 5.91. The van der Waals surface area contributed by atoms with Crippen molar-refractivity contribution in [1.82, 2.24) is 4.98 Å². The molecule has 3 aromatic rings. The van der Waals surface area contributed by atoms with E-state index in [1.165, 1.54) is 19.2 Å². The maximum atomic E-state index is 13.0. The van der Waals surface area contributed by atoms with E-state index in [1.807, 2.05) is 0 Å². The molecule has 0 unspecified atom stereocenters. The summed E-state index contributed by atoms with van der Waals surface area (Å²) >= 11 is 3.29. The van der Waals surface area contributed by atoms with E-state index in [2.05, 4.69) is 20.9 Å². The van der Waals surface area contributed by atoms with Crippen LogP contribution in [0, 0.1) is 5.82 Å². The van der Waals surface area contributed by atoms with Gasteiger partial charge in [-0.1, -0.05) is 0 Å². The molecule has 0 bridgehead atoms. The molecule has 0 saturated heterocycles. The number of ether oxygens (including phenoxy) is 2. The highest BCUT2D eigenvalue weighted by molar-refractivity contribution is 9.10. The number of carbonyl (C=O) groups is 1. The number of carbonyl (C=O) groups excluding carboxylic acids is 1. The SMILES string of the molecule is COc1cc(Br)c(C=O)cc1OCc1ncc(-c2ccc(F)cc2)o1. The Morgan fingerprint density at radius 3 is 2.68 bits per heavy atom. The summed E-state index contributed by atoms with van der Waals surface area (Å²) in [7, 11) is 1.51. The fourth-order valence-electron chi connectivity index (χ4n) is 2.18. The van der Waals surface area contributed by atoms with Crippen molar-refractivity contribution in [2.24, 2.45) is 0 Å². The fourth-order valence-corrected chi connectivity index (χ4v) is 2.59. The Labute approximate surface area is 151 Å². The first-order valence-corrected chi connectivity index (χ1v) is 8.06. The lowest BCUT2D eigenvalue weighted by Crippen LogP contribution is -1.99. The maximum absolute atomic E-state index is 13.0. The Kier molecular flexibility index (Phi) is 5.14. The van der Waals surface area contributed by atoms with Gasteiger partial charge in [0.15, 0.2) is 30.2 Å². The van der Waals surface area contributed by atoms with E-state index < -0.39 is 0 Å². The molecule has 7 heteroatoms. The van der Waals surface area contributed by atoms with Gasteiger partial charge in [0, 0.05) is 15.6 Å². The molecule has 0 N–H and O–H groups in total. The van der Waals surface area contributed by atoms with E-state index in [9.17, 15) is 9.18 Å². The molecule has 0 fully saturated rings. The second-order valence-electron chi connectivity index (χ2n) is 5.06. The number of halogens is 2. The van der Waals surface area contributed by atoms with Crippen molar-refractivity contribution in [3.05, 3.63) is 64.3 Å². The minimum absolute atomic E-state index is 0.0531. The van der Waals surface area contributed by atoms with Crippen LogP contribution in [0.4, 0.5) is 4.39 Å². The van der Waals surface area contributed by atoms with Gasteiger partial charge >= 0.3 is 0 Å². The molecule has 25 heavy (non-hydrogen) atoms. The molecule has 0 spiro atoms. The van der Waals surface area contributed by atoms with Crippen LogP contribution in [0.25, 0.3) is 11.3 Å². The van der Waals surface area contributed by atoms with Crippen molar-refractivity contribution in [2.75, 3.05) is 7.11 Å². The van der Waals surface area contributed by atoms with E-state index in [1.54, 1.807) is 30.5 Å². The predicted octanol–water partition coefficient (Wildman–Crippen LogP) is 4.64. The van der Waals surface area contributed by atoms with Crippen LogP contribution in [0.3, 0.4) is 0 Å². The van der Waals surface area contributed by atoms with E-state index in [4.69, 9.17) is 13.9 Å². The molecule has 3 rings (SSSR count). The number of benzene rings is 2. The van der Waals surface area contributed by atoms with E-state index >= 15 is 0 Å². The van der Waals surface area contributed by atoms with Crippen LogP contribution in [-0.2, 0) is 6.61 Å². The van der Waals surface area contributed by atoms with Crippen molar-refractivity contribution in [3.8, 4) is 22.8 Å². The molecule has 0 amide bonds. The standard InChI is InChI=1S/C18H13BrFNO4/c1-23-15-7-14(19)12(9-22)6-16(15)24-10-18-21-8-17(25-18)11-2-4-13(20)5-3-11/h2-9H,10H2,1H3. The first-order valence-electron chi connectivity index (χ1n) is 7.27. The third-order valence-corrected chi connectivity index (χ3v) is 4.13. The van der Waals surface area contributed by atoms with Gasteiger partial charge in [-0.3, -0.25) is 4.79 Å². The molecule has 5 nitrogen and oxygen atoms in total. The van der Waals surface area contributed by atoms with Gasteiger partial charge in [-0.05, 0) is 52.3 Å². The Balaban J connectivity index is 1.76. The number of nitrogens with zero attached hydrogens (tertiary/aromatic N) is 1. The number of methoxy groups -OCH3 is 1. The Morgan fingerprint density at radius 1 is 1.24 bits per heavy atom. The minimum Gasteiger partial charge on any atom is -0.493 e. The van der Waals surface area contributed by atoms with Gasteiger partial charge in [-0.25, -0.2) is 9.37 Å². The number of aromatic nitrogens is 1. The number of aldehydes is 1. The summed E-state index contributed by atoms with van der Waals surface area (Å²) < 4.78 is 30.1. The Morgan fingerprint density at radius 2 is 2.00 bits per heavy atom. The zero-order chi connectivity index (χ0) is 17.8. The van der Waals surface area contributed by atoms with E-state index in [-0.39, 0.29) is 12.4 Å². The molecule has 0 aliphatic rings. The first-order chi connectivity index (χ1) is 12.1. The normalized spacial score (nSPS) is 10.5. The lowest BCUT2D eigenvalue weighted by molar-refractivity contribution is 0.112. The lowest BCUT2D eigenvalue weighted by atomic mass is 10.2. The van der Waals surface area contributed by atoms with Gasteiger partial charge in [-0.2, -0.15) is 0 Å². The van der Waals surface area contributed by atoms with Crippen molar-refractivity contribution in [2.45, 2.75) is 6.61 Å². The van der Waals surface area contributed by atoms with Gasteiger partial charge in [0.25, 0.3) is 0 Å². The average Bonchev–Trinajstić information content (AvgIpc) is 3.10. The molecular weight excluding hydrogens is 393 g/mol. The van der Waals surface area contributed by atoms with Crippen molar-refractivity contribution < 1.29 is 23.1 Å². The van der Waals surface area contributed by atoms with Crippen molar-refractivity contribution >= 4 is 22.2 Å². The number of oxazole rings is 1. The number of rotatable bonds is 6. The lowest BCUT2D eigenvalue weighted by Gasteiger charge is -2.11. The van der Waals surface area contributed by atoms with Gasteiger partial charge in [0.05, 0.1) is 13.3 Å². The molecular formula is C18H13BrFNO4. The first kappa shape index (κ1) is 17.2. The largest absolute Gasteiger partial charge is 0.493 e. The summed E-state index contributed by atoms with van der Waals surface area (Å²) in [6.07, 6.45) is 2.26. The fraction of sp³-hybridized carbons (Fsp3) is 0.111. The number of hydrogen-bond donors (Lipinski definition) is 0. The minimum atomic E-state index is -0.319. The smallest absolute Gasteiger partial charge is 0.232 e. The highest BCUT2D eigenvalue weighted by atomic mass is 79.9. The highest BCUT2D eigenvalue weighted by Gasteiger charge is 2.12. The zero-order valence-corrected chi connectivity index (χ0v) is 14.7. The van der Waals surface area contributed by atoms with E-state index in [0.29, 0.717) is 45.0 Å². The summed E-state index contributed by atoms with van der Waals surface area (Å²) in [5.41, 5.74) is 1.15. The van der Waals surface area contributed by atoms with Crippen LogP contribution >= 0.6 is 15.9 Å². The molecule has 0 atom stereocenters. The maximum Gasteiger partial charge on any atom is 0.232 e. The topological polar surface area (TPSA) is 61.6 Å². The van der Waals surface area contributed by atoms with Crippen LogP contribution in [0.2, 0.25) is 0 Å². The third-order valence-electron chi connectivity index (χ3n) is 3.44. The van der Waals surface area contributed by atoms with Gasteiger partial charge in [0.1, 0.15) is 5.82 Å². The Bertz CT molecular complexity index is 893. The quantitative estimate of drug-likeness (QED) is 0.558. The third kappa shape index (κ3) is 3.88. The molecule has 1 aromatic heterocycles. The molecule has 128 valence electrons. The summed E-state index contributed by atoms with van der Waals surface area (Å²) in [5.74, 6) is 1.41. The van der Waals surface area contributed by atoms with Gasteiger partial charge < -0.3 is 13.9 Å². The Hall–Kier alpha value is -2.67. The second kappa shape index (κ2) is 7.48. The van der Waals surface area contributed by atoms with Crippen LogP contribution < -0.4 is 9.47 Å². The number of hydrogen-bond acceptors (Lipinski definition) is 5. The highest BCUT2D eigenvalue weighted by Crippen LogP contribution is 2.33. The predicted molar refractivity (Wildman–Crippen MR) is 92.3 cm³/mol. The van der Waals surface area contributed by atoms with Crippen LogP contribution in [-0.4, -0.2) is 18.4 Å². The van der Waals surface area contributed by atoms with E-state index in [0.717, 1.165) is 0 Å². The van der Waals surface area contributed by atoms with Gasteiger partial charge in [0.2, 0.25) is 5.89 Å². The van der Waals surface area contributed by atoms with Gasteiger partial charge in [-0.15, -0.1) is 0 Å².